The van der Waals surface area contributed by atoms with Crippen molar-refractivity contribution in [2.45, 2.75) is 231 Å². The molecular formula is C50H80O28. The lowest BCUT2D eigenvalue weighted by molar-refractivity contribution is -0.389. The zero-order valence-electron chi connectivity index (χ0n) is 43.3. The van der Waals surface area contributed by atoms with Gasteiger partial charge in [0, 0.05) is 0 Å². The van der Waals surface area contributed by atoms with Crippen LogP contribution in [-0.4, -0.2) is 285 Å². The summed E-state index contributed by atoms with van der Waals surface area (Å²) >= 11 is 0. The Balaban J connectivity index is 0.966. The molecule has 28 nitrogen and oxygen atoms in total. The van der Waals surface area contributed by atoms with Crippen molar-refractivity contribution in [2.24, 2.45) is 28.1 Å². The molecule has 2 bridgehead atoms. The van der Waals surface area contributed by atoms with E-state index < -0.39 is 214 Å². The number of esters is 1. The molecule has 0 aromatic carbocycles. The Morgan fingerprint density at radius 2 is 0.910 bits per heavy atom. The summed E-state index contributed by atoms with van der Waals surface area (Å²) in [6.07, 6.45) is -40.0. The first-order valence-corrected chi connectivity index (χ1v) is 26.9. The summed E-state index contributed by atoms with van der Waals surface area (Å²) in [7, 11) is 0. The van der Waals surface area contributed by atoms with Crippen molar-refractivity contribution in [3.05, 3.63) is 12.2 Å². The molecule has 1 spiro atoms. The molecule has 0 aromatic heterocycles. The van der Waals surface area contributed by atoms with Gasteiger partial charge in [0.25, 0.3) is 0 Å². The molecular weight excluding hydrogens is 1050 g/mol. The second-order valence-electron chi connectivity index (χ2n) is 23.6. The fourth-order valence-electron chi connectivity index (χ4n) is 15.0. The van der Waals surface area contributed by atoms with Crippen molar-refractivity contribution in [1.29, 1.82) is 0 Å². The summed E-state index contributed by atoms with van der Waals surface area (Å²) in [6.45, 7) is 4.24. The van der Waals surface area contributed by atoms with Crippen LogP contribution in [0.3, 0.4) is 0 Å². The predicted octanol–water partition coefficient (Wildman–Crippen LogP) is -7.29. The Kier molecular flexibility index (Phi) is 18.2. The molecule has 9 aliphatic rings. The molecule has 5 aliphatic heterocycles. The predicted molar refractivity (Wildman–Crippen MR) is 252 cm³/mol. The highest BCUT2D eigenvalue weighted by molar-refractivity contribution is 5.77. The number of rotatable bonds is 15. The van der Waals surface area contributed by atoms with E-state index in [1.807, 2.05) is 0 Å². The molecule has 9 rings (SSSR count). The summed E-state index contributed by atoms with van der Waals surface area (Å²) in [5, 5.41) is 181. The monoisotopic (exact) mass is 1130 g/mol. The van der Waals surface area contributed by atoms with E-state index in [9.17, 15) is 86.8 Å². The third-order valence-electron chi connectivity index (χ3n) is 19.2. The zero-order chi connectivity index (χ0) is 56.7. The average Bonchev–Trinajstić information content (AvgIpc) is 3.28. The van der Waals surface area contributed by atoms with Crippen molar-refractivity contribution in [3.8, 4) is 0 Å². The van der Waals surface area contributed by atoms with Gasteiger partial charge < -0.3 is 134 Å². The van der Waals surface area contributed by atoms with E-state index in [0.717, 1.165) is 0 Å². The zero-order valence-corrected chi connectivity index (χ0v) is 43.3. The minimum atomic E-state index is -2.05. The van der Waals surface area contributed by atoms with Crippen molar-refractivity contribution in [3.63, 3.8) is 0 Å². The maximum Gasteiger partial charge on any atom is 0.314 e. The van der Waals surface area contributed by atoms with Gasteiger partial charge in [0.1, 0.15) is 116 Å². The van der Waals surface area contributed by atoms with Gasteiger partial charge in [-0.3, -0.25) is 4.79 Å². The molecule has 0 radical (unpaired) electrons. The molecule has 28 heteroatoms. The van der Waals surface area contributed by atoms with Crippen molar-refractivity contribution in [2.75, 3.05) is 33.0 Å². The number of carbonyl (C=O) groups excluding carboxylic acids is 1. The third kappa shape index (κ3) is 10.3. The van der Waals surface area contributed by atoms with Crippen LogP contribution < -0.4 is 0 Å². The quantitative estimate of drug-likeness (QED) is 0.0411. The molecule has 17 N–H and O–H groups in total. The van der Waals surface area contributed by atoms with E-state index in [-0.39, 0.29) is 11.8 Å². The van der Waals surface area contributed by atoms with E-state index in [0.29, 0.717) is 63.4 Å². The molecule has 5 saturated heterocycles. The summed E-state index contributed by atoms with van der Waals surface area (Å²) in [4.78, 5) is 15.2. The molecule has 448 valence electrons. The minimum Gasteiger partial charge on any atom is -0.432 e. The summed E-state index contributed by atoms with van der Waals surface area (Å²) in [5.41, 5.74) is -2.71. The maximum absolute atomic E-state index is 15.2. The first-order chi connectivity index (χ1) is 36.9. The largest absolute Gasteiger partial charge is 0.432 e. The van der Waals surface area contributed by atoms with Gasteiger partial charge in [-0.1, -0.05) is 19.9 Å². The second-order valence-corrected chi connectivity index (χ2v) is 23.6. The fraction of sp³-hybridized carbons (Fsp3) is 0.940. The van der Waals surface area contributed by atoms with E-state index in [2.05, 4.69) is 13.5 Å². The molecule has 4 aliphatic carbocycles. The van der Waals surface area contributed by atoms with Crippen LogP contribution in [0.5, 0.6) is 0 Å². The minimum absolute atomic E-state index is 0.0587. The lowest BCUT2D eigenvalue weighted by Gasteiger charge is -2.64. The lowest BCUT2D eigenvalue weighted by atomic mass is 9.41. The highest BCUT2D eigenvalue weighted by Crippen LogP contribution is 2.74. The van der Waals surface area contributed by atoms with E-state index in [1.165, 1.54) is 0 Å². The molecule has 0 aromatic rings. The molecule has 78 heavy (non-hydrogen) atoms. The van der Waals surface area contributed by atoms with Crippen LogP contribution in [0, 0.1) is 28.1 Å². The van der Waals surface area contributed by atoms with Gasteiger partial charge in [-0.2, -0.15) is 0 Å². The molecule has 5 heterocycles. The molecule has 31 atom stereocenters. The second kappa shape index (κ2) is 23.3. The van der Waals surface area contributed by atoms with E-state index in [4.69, 9.17) is 47.4 Å². The number of aliphatic hydroxyl groups excluding tert-OH is 17. The fourth-order valence-corrected chi connectivity index (χ4v) is 15.0. The Bertz CT molecular complexity index is 2070. The summed E-state index contributed by atoms with van der Waals surface area (Å²) in [6, 6.07) is 0. The van der Waals surface area contributed by atoms with Crippen molar-refractivity contribution >= 4 is 5.97 Å². The van der Waals surface area contributed by atoms with Gasteiger partial charge in [0.2, 0.25) is 6.29 Å². The van der Waals surface area contributed by atoms with E-state index >= 15 is 4.79 Å². The Labute approximate surface area is 448 Å². The topological polar surface area (TPSA) is 453 Å². The smallest absolute Gasteiger partial charge is 0.314 e. The Morgan fingerprint density at radius 1 is 0.487 bits per heavy atom. The van der Waals surface area contributed by atoms with Crippen molar-refractivity contribution in [1.82, 2.24) is 0 Å². The van der Waals surface area contributed by atoms with Crippen molar-refractivity contribution < 1.29 is 139 Å². The van der Waals surface area contributed by atoms with Crippen LogP contribution in [0.25, 0.3) is 0 Å². The van der Waals surface area contributed by atoms with Gasteiger partial charge in [-0.15, -0.1) is 0 Å². The first kappa shape index (κ1) is 60.8. The van der Waals surface area contributed by atoms with Gasteiger partial charge in [0.05, 0.1) is 44.1 Å². The third-order valence-corrected chi connectivity index (χ3v) is 19.2. The summed E-state index contributed by atoms with van der Waals surface area (Å²) < 4.78 is 60.1. The highest BCUT2D eigenvalue weighted by Gasteiger charge is 2.70. The molecule has 0 amide bonds. The SMILES string of the molecule is C=C1C[C@@]23CC[C@H]4[C@@](C)(CCC[C@@]4(C)C(=O)OC4OC(CO)C(O)C(OC5OC(CO)C(O)C(O)C5O)C4OC4OC(CO)C(O)C(O)C4O)[C@@H]2CC[C@]1(OC1OC(CO)C(O)C(O)C1OC1OC(CO)C(O)C(O)C1O)C3. The molecule has 9 fully saturated rings. The maximum atomic E-state index is 15.2. The average molecular weight is 1130 g/mol. The number of fused-ring (bicyclic) bond motifs is 3. The van der Waals surface area contributed by atoms with Gasteiger partial charge in [-0.05, 0) is 86.5 Å². The number of ether oxygens (including phenoxy) is 10. The standard InChI is InChI=1S/C50H80O28/c1-18-11-49-9-5-24-47(2,25(49)6-10-50(18,17-49)78-45-39(34(64)29(59)22(15-54)73-45)75-42-36(66)32(62)27(57)20(13-52)70-42)7-4-8-48(24,3)46(68)77-44-40(76-43-37(67)33(63)28(58)21(14-53)71-43)38(30(60)23(16-55)72-44)74-41-35(65)31(61)26(56)19(12-51)69-41/h19-45,51-67H,1,4-17H2,2-3H3/t19?,20?,21?,22?,23?,24-,25-,26?,27?,28?,29?,30?,31?,32?,33?,34?,35?,36?,37?,38?,39?,40?,41?,42?,43?,44?,45?,47+,48+,49+,50-/m0/s1. The highest BCUT2D eigenvalue weighted by atomic mass is 16.8. The van der Waals surface area contributed by atoms with Crippen LogP contribution in [0.2, 0.25) is 0 Å². The van der Waals surface area contributed by atoms with Crippen LogP contribution in [0.15, 0.2) is 12.2 Å². The van der Waals surface area contributed by atoms with Gasteiger partial charge in [0.15, 0.2) is 31.3 Å². The van der Waals surface area contributed by atoms with Crippen LogP contribution >= 0.6 is 0 Å². The first-order valence-electron chi connectivity index (χ1n) is 26.9. The number of hydrogen-bond acceptors (Lipinski definition) is 28. The molecule has 25 unspecified atom stereocenters. The number of aliphatic hydroxyl groups is 17. The van der Waals surface area contributed by atoms with Crippen LogP contribution in [-0.2, 0) is 52.2 Å². The lowest BCUT2D eigenvalue weighted by Crippen LogP contribution is -2.67. The van der Waals surface area contributed by atoms with Crippen LogP contribution in [0.4, 0.5) is 0 Å². The Morgan fingerprint density at radius 3 is 1.41 bits per heavy atom. The van der Waals surface area contributed by atoms with Gasteiger partial charge in [-0.25, -0.2) is 0 Å². The summed E-state index contributed by atoms with van der Waals surface area (Å²) in [5.74, 6) is -1.22. The Hall–Kier alpha value is -1.83. The van der Waals surface area contributed by atoms with Crippen LogP contribution in [0.1, 0.15) is 71.6 Å². The molecule has 4 saturated carbocycles. The number of carbonyl (C=O) groups is 1. The van der Waals surface area contributed by atoms with Gasteiger partial charge >= 0.3 is 5.97 Å². The normalized spacial score (nSPS) is 54.5. The number of hydrogen-bond donors (Lipinski definition) is 17. The van der Waals surface area contributed by atoms with E-state index in [1.54, 1.807) is 6.92 Å².